The van der Waals surface area contributed by atoms with Crippen molar-refractivity contribution in [2.45, 2.75) is 57.8 Å². The first-order chi connectivity index (χ1) is 8.13. The fourth-order valence-electron chi connectivity index (χ4n) is 3.05. The Bertz CT molecular complexity index is 283. The molecule has 0 aromatic rings. The van der Waals surface area contributed by atoms with Gasteiger partial charge in [0.25, 0.3) is 5.91 Å². The summed E-state index contributed by atoms with van der Waals surface area (Å²) in [6.45, 7) is 5.64. The van der Waals surface area contributed by atoms with Gasteiger partial charge in [-0.15, -0.1) is 0 Å². The average Bonchev–Trinajstić information content (AvgIpc) is 2.74. The molecule has 0 aromatic carbocycles. The number of hydrogen-bond donors (Lipinski definition) is 1. The first kappa shape index (κ1) is 12.8. The highest BCUT2D eigenvalue weighted by Gasteiger charge is 2.37. The number of hydrogen-bond acceptors (Lipinski definition) is 3. The molecule has 0 bridgehead atoms. The van der Waals surface area contributed by atoms with Gasteiger partial charge in [-0.05, 0) is 38.5 Å². The van der Waals surface area contributed by atoms with E-state index < -0.39 is 0 Å². The third-order valence-electron chi connectivity index (χ3n) is 4.15. The molecule has 2 aliphatic rings. The van der Waals surface area contributed by atoms with E-state index in [0.29, 0.717) is 12.5 Å². The van der Waals surface area contributed by atoms with Crippen molar-refractivity contribution in [2.24, 2.45) is 11.7 Å². The van der Waals surface area contributed by atoms with Gasteiger partial charge in [-0.3, -0.25) is 4.79 Å². The zero-order chi connectivity index (χ0) is 12.4. The van der Waals surface area contributed by atoms with Crippen molar-refractivity contribution in [1.82, 2.24) is 4.90 Å². The van der Waals surface area contributed by atoms with Crippen LogP contribution in [0.15, 0.2) is 0 Å². The molecule has 4 unspecified atom stereocenters. The lowest BCUT2D eigenvalue weighted by molar-refractivity contribution is -0.147. The Morgan fingerprint density at radius 2 is 2.12 bits per heavy atom. The lowest BCUT2D eigenvalue weighted by atomic mass is 9.90. The summed E-state index contributed by atoms with van der Waals surface area (Å²) in [7, 11) is 0. The summed E-state index contributed by atoms with van der Waals surface area (Å²) in [5.74, 6) is 0.674. The second-order valence-electron chi connectivity index (χ2n) is 5.47. The van der Waals surface area contributed by atoms with E-state index in [-0.39, 0.29) is 24.2 Å². The smallest absolute Gasteiger partial charge is 0.252 e. The highest BCUT2D eigenvalue weighted by molar-refractivity contribution is 5.81. The van der Waals surface area contributed by atoms with E-state index in [2.05, 4.69) is 6.92 Å². The van der Waals surface area contributed by atoms with Gasteiger partial charge in [0.1, 0.15) is 6.10 Å². The average molecular weight is 240 g/mol. The van der Waals surface area contributed by atoms with Crippen LogP contribution in [0.4, 0.5) is 0 Å². The first-order valence-corrected chi connectivity index (χ1v) is 6.79. The van der Waals surface area contributed by atoms with Crippen LogP contribution in [0.5, 0.6) is 0 Å². The number of likely N-dealkylation sites (tertiary alicyclic amines) is 1. The van der Waals surface area contributed by atoms with E-state index in [9.17, 15) is 4.79 Å². The fourth-order valence-corrected chi connectivity index (χ4v) is 3.05. The van der Waals surface area contributed by atoms with Gasteiger partial charge in [0, 0.05) is 19.1 Å². The lowest BCUT2D eigenvalue weighted by Crippen LogP contribution is -2.54. The molecular formula is C13H24N2O2. The van der Waals surface area contributed by atoms with E-state index >= 15 is 0 Å². The standard InChI is InChI=1S/C13H24N2O2/c1-9-4-3-7-15(11(9)8-14)13(16)12-6-5-10(2)17-12/h9-12H,3-8,14H2,1-2H3. The van der Waals surface area contributed by atoms with Crippen molar-refractivity contribution in [3.8, 4) is 0 Å². The van der Waals surface area contributed by atoms with Crippen molar-refractivity contribution in [3.63, 3.8) is 0 Å². The van der Waals surface area contributed by atoms with Crippen LogP contribution in [-0.2, 0) is 9.53 Å². The Morgan fingerprint density at radius 1 is 1.35 bits per heavy atom. The number of carbonyl (C=O) groups is 1. The molecule has 2 aliphatic heterocycles. The van der Waals surface area contributed by atoms with Crippen LogP contribution < -0.4 is 5.73 Å². The summed E-state index contributed by atoms with van der Waals surface area (Å²) in [6, 6.07) is 0.204. The summed E-state index contributed by atoms with van der Waals surface area (Å²) < 4.78 is 5.67. The summed E-state index contributed by atoms with van der Waals surface area (Å²) in [5, 5.41) is 0. The molecule has 0 aromatic heterocycles. The zero-order valence-corrected chi connectivity index (χ0v) is 10.9. The molecule has 17 heavy (non-hydrogen) atoms. The molecule has 0 radical (unpaired) electrons. The minimum Gasteiger partial charge on any atom is -0.365 e. The normalized spacial score (nSPS) is 38.4. The van der Waals surface area contributed by atoms with Crippen LogP contribution in [0.3, 0.4) is 0 Å². The predicted molar refractivity (Wildman–Crippen MR) is 66.5 cm³/mol. The minimum atomic E-state index is -0.218. The molecule has 0 aliphatic carbocycles. The number of nitrogens with two attached hydrogens (primary N) is 1. The predicted octanol–water partition coefficient (Wildman–Crippen LogP) is 1.14. The molecule has 1 amide bonds. The van der Waals surface area contributed by atoms with Gasteiger partial charge in [-0.2, -0.15) is 0 Å². The SMILES string of the molecule is CC1CCC(C(=O)N2CCCC(C)C2CN)O1. The summed E-state index contributed by atoms with van der Waals surface area (Å²) >= 11 is 0. The molecule has 2 rings (SSSR count). The third kappa shape index (κ3) is 2.63. The van der Waals surface area contributed by atoms with Crippen LogP contribution in [0.1, 0.15) is 39.5 Å². The monoisotopic (exact) mass is 240 g/mol. The maximum Gasteiger partial charge on any atom is 0.252 e. The summed E-state index contributed by atoms with van der Waals surface area (Å²) in [5.41, 5.74) is 5.81. The van der Waals surface area contributed by atoms with E-state index in [1.54, 1.807) is 0 Å². The van der Waals surface area contributed by atoms with E-state index in [1.807, 2.05) is 11.8 Å². The van der Waals surface area contributed by atoms with Crippen molar-refractivity contribution in [2.75, 3.05) is 13.1 Å². The van der Waals surface area contributed by atoms with E-state index in [4.69, 9.17) is 10.5 Å². The molecule has 2 saturated heterocycles. The molecular weight excluding hydrogens is 216 g/mol. The Kier molecular flexibility index (Phi) is 4.05. The number of ether oxygens (including phenoxy) is 1. The van der Waals surface area contributed by atoms with Crippen molar-refractivity contribution < 1.29 is 9.53 Å². The van der Waals surface area contributed by atoms with Crippen LogP contribution in [0, 0.1) is 5.92 Å². The Morgan fingerprint density at radius 3 is 2.71 bits per heavy atom. The highest BCUT2D eigenvalue weighted by atomic mass is 16.5. The molecule has 2 N–H and O–H groups in total. The number of rotatable bonds is 2. The third-order valence-corrected chi connectivity index (χ3v) is 4.15. The van der Waals surface area contributed by atoms with Crippen LogP contribution in [0.25, 0.3) is 0 Å². The zero-order valence-electron chi connectivity index (χ0n) is 10.9. The summed E-state index contributed by atoms with van der Waals surface area (Å²) in [6.07, 6.45) is 4.13. The van der Waals surface area contributed by atoms with Gasteiger partial charge < -0.3 is 15.4 Å². The Hall–Kier alpha value is -0.610. The number of piperidine rings is 1. The van der Waals surface area contributed by atoms with E-state index in [0.717, 1.165) is 25.8 Å². The van der Waals surface area contributed by atoms with Crippen molar-refractivity contribution >= 4 is 5.91 Å². The Balaban J connectivity index is 2.01. The second-order valence-corrected chi connectivity index (χ2v) is 5.47. The van der Waals surface area contributed by atoms with Gasteiger partial charge >= 0.3 is 0 Å². The largest absolute Gasteiger partial charge is 0.365 e. The van der Waals surface area contributed by atoms with Gasteiger partial charge in [0.05, 0.1) is 6.10 Å². The molecule has 2 heterocycles. The minimum absolute atomic E-state index is 0.163. The first-order valence-electron chi connectivity index (χ1n) is 6.79. The maximum atomic E-state index is 12.4. The molecule has 4 nitrogen and oxygen atoms in total. The quantitative estimate of drug-likeness (QED) is 0.787. The van der Waals surface area contributed by atoms with Crippen LogP contribution >= 0.6 is 0 Å². The lowest BCUT2D eigenvalue weighted by Gasteiger charge is -2.40. The second kappa shape index (κ2) is 5.36. The Labute approximate surface area is 103 Å². The van der Waals surface area contributed by atoms with Gasteiger partial charge in [-0.1, -0.05) is 6.92 Å². The van der Waals surface area contributed by atoms with Crippen LogP contribution in [-0.4, -0.2) is 42.1 Å². The summed E-state index contributed by atoms with van der Waals surface area (Å²) in [4.78, 5) is 14.4. The molecule has 4 heteroatoms. The molecule has 2 fully saturated rings. The fraction of sp³-hybridized carbons (Fsp3) is 0.923. The number of amides is 1. The molecule has 0 saturated carbocycles. The highest BCUT2D eigenvalue weighted by Crippen LogP contribution is 2.27. The maximum absolute atomic E-state index is 12.4. The van der Waals surface area contributed by atoms with Gasteiger partial charge in [0.2, 0.25) is 0 Å². The van der Waals surface area contributed by atoms with Crippen LogP contribution in [0.2, 0.25) is 0 Å². The van der Waals surface area contributed by atoms with Crippen molar-refractivity contribution in [3.05, 3.63) is 0 Å². The van der Waals surface area contributed by atoms with Gasteiger partial charge in [-0.25, -0.2) is 0 Å². The molecule has 98 valence electrons. The topological polar surface area (TPSA) is 55.6 Å². The molecule has 4 atom stereocenters. The number of nitrogens with zero attached hydrogens (tertiary/aromatic N) is 1. The van der Waals surface area contributed by atoms with Crippen molar-refractivity contribution in [1.29, 1.82) is 0 Å². The number of carbonyl (C=O) groups excluding carboxylic acids is 1. The van der Waals surface area contributed by atoms with Gasteiger partial charge in [0.15, 0.2) is 0 Å². The molecule has 0 spiro atoms. The van der Waals surface area contributed by atoms with E-state index in [1.165, 1.54) is 6.42 Å².